The van der Waals surface area contributed by atoms with Crippen molar-refractivity contribution in [2.75, 3.05) is 6.54 Å². The molecule has 0 aromatic heterocycles. The fourth-order valence-corrected chi connectivity index (χ4v) is 1.98. The van der Waals surface area contributed by atoms with Crippen LogP contribution in [0.15, 0.2) is 0 Å². The summed E-state index contributed by atoms with van der Waals surface area (Å²) >= 11 is 0. The molecule has 0 aromatic carbocycles. The van der Waals surface area contributed by atoms with Crippen LogP contribution in [0.3, 0.4) is 0 Å². The zero-order chi connectivity index (χ0) is 13.1. The molecular weight excluding hydrogens is 233 g/mol. The van der Waals surface area contributed by atoms with E-state index in [9.17, 15) is 18.0 Å². The average molecular weight is 252 g/mol. The molecule has 1 fully saturated rings. The first-order valence-electron chi connectivity index (χ1n) is 5.88. The minimum absolute atomic E-state index is 0.207. The van der Waals surface area contributed by atoms with Crippen LogP contribution in [-0.4, -0.2) is 30.7 Å². The summed E-state index contributed by atoms with van der Waals surface area (Å²) in [6.07, 6.45) is -3.59. The van der Waals surface area contributed by atoms with E-state index < -0.39 is 18.6 Å². The van der Waals surface area contributed by atoms with E-state index in [1.54, 1.807) is 0 Å². The maximum atomic E-state index is 12.1. The van der Waals surface area contributed by atoms with Crippen molar-refractivity contribution in [2.45, 2.75) is 51.4 Å². The van der Waals surface area contributed by atoms with Gasteiger partial charge in [0.15, 0.2) is 0 Å². The summed E-state index contributed by atoms with van der Waals surface area (Å²) in [6, 6.07) is -0.478. The lowest BCUT2D eigenvalue weighted by Gasteiger charge is -2.28. The van der Waals surface area contributed by atoms with E-state index in [0.717, 1.165) is 12.8 Å². The van der Waals surface area contributed by atoms with Crippen molar-refractivity contribution in [3.63, 3.8) is 0 Å². The summed E-state index contributed by atoms with van der Waals surface area (Å²) in [5, 5.41) is 5.57. The molecule has 3 atom stereocenters. The summed E-state index contributed by atoms with van der Waals surface area (Å²) in [4.78, 5) is 11.7. The van der Waals surface area contributed by atoms with Crippen LogP contribution >= 0.6 is 0 Å². The molecule has 0 radical (unpaired) electrons. The van der Waals surface area contributed by atoms with Gasteiger partial charge in [0, 0.05) is 18.6 Å². The van der Waals surface area contributed by atoms with Crippen LogP contribution in [-0.2, 0) is 4.79 Å². The number of alkyl halides is 3. The minimum atomic E-state index is -4.23. The first-order chi connectivity index (χ1) is 7.78. The number of hydrogen-bond donors (Lipinski definition) is 2. The van der Waals surface area contributed by atoms with Crippen molar-refractivity contribution in [1.82, 2.24) is 10.6 Å². The van der Waals surface area contributed by atoms with Gasteiger partial charge in [0.2, 0.25) is 5.91 Å². The third-order valence-electron chi connectivity index (χ3n) is 2.96. The van der Waals surface area contributed by atoms with Gasteiger partial charge in [-0.15, -0.1) is 0 Å². The summed E-state index contributed by atoms with van der Waals surface area (Å²) in [7, 11) is 0. The Balaban J connectivity index is 2.33. The highest BCUT2D eigenvalue weighted by Gasteiger charge is 2.32. The molecule has 1 aliphatic rings. The molecule has 6 heteroatoms. The molecule has 0 aromatic rings. The van der Waals surface area contributed by atoms with Crippen molar-refractivity contribution in [2.24, 2.45) is 5.92 Å². The Kier molecular flexibility index (Phi) is 4.80. The molecule has 3 nitrogen and oxygen atoms in total. The SMILES string of the molecule is CC1CCC(C(=O)NC(C)CC(F)(F)F)CN1. The third kappa shape index (κ3) is 5.39. The molecular formula is C11H19F3N2O. The summed E-state index contributed by atoms with van der Waals surface area (Å²) in [5.74, 6) is -0.483. The van der Waals surface area contributed by atoms with Gasteiger partial charge in [-0.05, 0) is 26.7 Å². The van der Waals surface area contributed by atoms with Gasteiger partial charge in [-0.25, -0.2) is 0 Å². The molecule has 17 heavy (non-hydrogen) atoms. The molecule has 2 N–H and O–H groups in total. The van der Waals surface area contributed by atoms with Crippen LogP contribution in [0.25, 0.3) is 0 Å². The van der Waals surface area contributed by atoms with E-state index in [4.69, 9.17) is 0 Å². The number of hydrogen-bond acceptors (Lipinski definition) is 2. The van der Waals surface area contributed by atoms with Crippen molar-refractivity contribution in [1.29, 1.82) is 0 Å². The Morgan fingerprint density at radius 2 is 2.12 bits per heavy atom. The van der Waals surface area contributed by atoms with Crippen LogP contribution in [0.2, 0.25) is 0 Å². The van der Waals surface area contributed by atoms with E-state index >= 15 is 0 Å². The Morgan fingerprint density at radius 1 is 1.47 bits per heavy atom. The second-order valence-corrected chi connectivity index (χ2v) is 4.81. The molecule has 0 bridgehead atoms. The van der Waals surface area contributed by atoms with Crippen LogP contribution in [0.4, 0.5) is 13.2 Å². The first kappa shape index (κ1) is 14.3. The summed E-state index contributed by atoms with van der Waals surface area (Å²) in [5.41, 5.74) is 0. The van der Waals surface area contributed by atoms with E-state index in [0.29, 0.717) is 12.6 Å². The van der Waals surface area contributed by atoms with Crippen LogP contribution in [0.5, 0.6) is 0 Å². The van der Waals surface area contributed by atoms with Crippen molar-refractivity contribution in [3.05, 3.63) is 0 Å². The van der Waals surface area contributed by atoms with E-state index in [1.165, 1.54) is 6.92 Å². The maximum Gasteiger partial charge on any atom is 0.391 e. The van der Waals surface area contributed by atoms with Crippen LogP contribution in [0, 0.1) is 5.92 Å². The monoisotopic (exact) mass is 252 g/mol. The Bertz CT molecular complexity index is 260. The Morgan fingerprint density at radius 3 is 2.59 bits per heavy atom. The molecule has 1 heterocycles. The van der Waals surface area contributed by atoms with E-state index in [1.807, 2.05) is 6.92 Å². The molecule has 0 saturated carbocycles. The van der Waals surface area contributed by atoms with Crippen molar-refractivity contribution < 1.29 is 18.0 Å². The predicted molar refractivity (Wildman–Crippen MR) is 58.5 cm³/mol. The van der Waals surface area contributed by atoms with Crippen molar-refractivity contribution in [3.8, 4) is 0 Å². The lowest BCUT2D eigenvalue weighted by atomic mass is 9.94. The number of rotatable bonds is 3. The highest BCUT2D eigenvalue weighted by atomic mass is 19.4. The molecule has 1 amide bonds. The quantitative estimate of drug-likeness (QED) is 0.804. The number of piperidine rings is 1. The standard InChI is InChI=1S/C11H19F3N2O/c1-7-3-4-9(6-15-7)10(17)16-8(2)5-11(12,13)14/h7-9,15H,3-6H2,1-2H3,(H,16,17). The Labute approximate surface area is 99.1 Å². The topological polar surface area (TPSA) is 41.1 Å². The van der Waals surface area contributed by atoms with Gasteiger partial charge in [-0.1, -0.05) is 0 Å². The number of nitrogens with one attached hydrogen (secondary N) is 2. The number of carbonyl (C=O) groups excluding carboxylic acids is 1. The largest absolute Gasteiger partial charge is 0.391 e. The van der Waals surface area contributed by atoms with Gasteiger partial charge in [-0.3, -0.25) is 4.79 Å². The van der Waals surface area contributed by atoms with Gasteiger partial charge in [0.1, 0.15) is 0 Å². The number of amides is 1. The predicted octanol–water partition coefficient (Wildman–Crippen LogP) is 1.83. The fraction of sp³-hybridized carbons (Fsp3) is 0.909. The molecule has 1 saturated heterocycles. The highest BCUT2D eigenvalue weighted by molar-refractivity contribution is 5.79. The zero-order valence-corrected chi connectivity index (χ0v) is 10.1. The average Bonchev–Trinajstić information content (AvgIpc) is 2.15. The van der Waals surface area contributed by atoms with Crippen LogP contribution in [0.1, 0.15) is 33.1 Å². The third-order valence-corrected chi connectivity index (χ3v) is 2.96. The molecule has 100 valence electrons. The zero-order valence-electron chi connectivity index (χ0n) is 10.1. The number of halogens is 3. The molecule has 0 spiro atoms. The number of carbonyl (C=O) groups is 1. The normalized spacial score (nSPS) is 27.6. The molecule has 1 aliphatic heterocycles. The second-order valence-electron chi connectivity index (χ2n) is 4.81. The van der Waals surface area contributed by atoms with Gasteiger partial charge in [-0.2, -0.15) is 13.2 Å². The molecule has 1 rings (SSSR count). The van der Waals surface area contributed by atoms with Gasteiger partial charge >= 0.3 is 6.18 Å². The highest BCUT2D eigenvalue weighted by Crippen LogP contribution is 2.22. The smallest absolute Gasteiger partial charge is 0.353 e. The minimum Gasteiger partial charge on any atom is -0.353 e. The van der Waals surface area contributed by atoms with Crippen molar-refractivity contribution >= 4 is 5.91 Å². The van der Waals surface area contributed by atoms with Gasteiger partial charge in [0.05, 0.1) is 12.3 Å². The van der Waals surface area contributed by atoms with Crippen LogP contribution < -0.4 is 10.6 Å². The van der Waals surface area contributed by atoms with Gasteiger partial charge < -0.3 is 10.6 Å². The van der Waals surface area contributed by atoms with E-state index in [2.05, 4.69) is 10.6 Å². The fourth-order valence-electron chi connectivity index (χ4n) is 1.98. The lowest BCUT2D eigenvalue weighted by molar-refractivity contribution is -0.142. The second kappa shape index (κ2) is 5.71. The maximum absolute atomic E-state index is 12.1. The lowest BCUT2D eigenvalue weighted by Crippen LogP contribution is -2.46. The molecule has 3 unspecified atom stereocenters. The summed E-state index contributed by atoms with van der Waals surface area (Å²) < 4.78 is 36.3. The Hall–Kier alpha value is -0.780. The van der Waals surface area contributed by atoms with E-state index in [-0.39, 0.29) is 11.8 Å². The van der Waals surface area contributed by atoms with Gasteiger partial charge in [0.25, 0.3) is 0 Å². The first-order valence-corrected chi connectivity index (χ1v) is 5.88. The molecule has 0 aliphatic carbocycles. The summed E-state index contributed by atoms with van der Waals surface area (Å²) in [6.45, 7) is 3.95.